The van der Waals surface area contributed by atoms with Gasteiger partial charge in [-0.05, 0) is 32.1 Å². The smallest absolute Gasteiger partial charge is 0.391 e. The van der Waals surface area contributed by atoms with Gasteiger partial charge in [-0.1, -0.05) is 6.42 Å². The van der Waals surface area contributed by atoms with Gasteiger partial charge in [0.05, 0.1) is 5.92 Å². The lowest BCUT2D eigenvalue weighted by Gasteiger charge is -2.38. The average Bonchev–Trinajstić information content (AvgIpc) is 3.46. The van der Waals surface area contributed by atoms with Crippen molar-refractivity contribution in [2.75, 3.05) is 31.1 Å². The number of oxazole rings is 1. The van der Waals surface area contributed by atoms with E-state index >= 15 is 0 Å². The van der Waals surface area contributed by atoms with Crippen LogP contribution in [0.15, 0.2) is 4.42 Å². The van der Waals surface area contributed by atoms with Crippen molar-refractivity contribution in [2.45, 2.75) is 50.6 Å². The Kier molecular flexibility index (Phi) is 4.98. The molecule has 1 saturated heterocycles. The van der Waals surface area contributed by atoms with Gasteiger partial charge in [0, 0.05) is 38.0 Å². The third-order valence-electron chi connectivity index (χ3n) is 6.02. The van der Waals surface area contributed by atoms with Crippen molar-refractivity contribution in [2.24, 2.45) is 11.8 Å². The van der Waals surface area contributed by atoms with Gasteiger partial charge in [0.15, 0.2) is 0 Å². The molecule has 2 aliphatic carbocycles. The normalized spacial score (nSPS) is 26.2. The molecule has 2 heterocycles. The van der Waals surface area contributed by atoms with E-state index in [4.69, 9.17) is 4.42 Å². The van der Waals surface area contributed by atoms with Gasteiger partial charge in [-0.2, -0.15) is 18.4 Å². The molecule has 4 rings (SSSR count). The number of hydrogen-bond donors (Lipinski definition) is 0. The number of halogens is 3. The number of rotatable bonds is 3. The lowest BCUT2D eigenvalue weighted by atomic mass is 9.80. The summed E-state index contributed by atoms with van der Waals surface area (Å²) in [6.45, 7) is 1.79. The number of alkyl halides is 3. The summed E-state index contributed by atoms with van der Waals surface area (Å²) in [5.74, 6) is -0.739. The first kappa shape index (κ1) is 19.1. The average molecular weight is 396 g/mol. The number of anilines is 1. The maximum atomic E-state index is 13.0. The Bertz CT molecular complexity index is 773. The predicted octanol–water partition coefficient (Wildman–Crippen LogP) is 3.44. The van der Waals surface area contributed by atoms with Crippen molar-refractivity contribution in [3.63, 3.8) is 0 Å². The molecule has 152 valence electrons. The van der Waals surface area contributed by atoms with Crippen LogP contribution in [0.1, 0.15) is 56.0 Å². The van der Waals surface area contributed by atoms with Gasteiger partial charge in [0.25, 0.3) is 0 Å². The molecule has 1 aromatic heterocycles. The van der Waals surface area contributed by atoms with Crippen molar-refractivity contribution < 1.29 is 22.4 Å². The fraction of sp³-hybridized carbons (Fsp3) is 0.737. The van der Waals surface area contributed by atoms with Crippen LogP contribution in [0, 0.1) is 23.2 Å². The number of amides is 1. The highest BCUT2D eigenvalue weighted by atomic mass is 19.4. The van der Waals surface area contributed by atoms with E-state index in [0.717, 1.165) is 12.8 Å². The monoisotopic (exact) mass is 396 g/mol. The summed E-state index contributed by atoms with van der Waals surface area (Å²) < 4.78 is 44.9. The zero-order valence-corrected chi connectivity index (χ0v) is 15.5. The summed E-state index contributed by atoms with van der Waals surface area (Å²) >= 11 is 0. The standard InChI is InChI=1S/C19H23F3N4O2/c20-19(21,22)14-3-1-2-13(10-14)17(27)25-6-8-26(9-7-25)18-15(11-23)24-16(28-18)12-4-5-12/h12-14H,1-10H2/t13-,14+/m1/s1. The van der Waals surface area contributed by atoms with Crippen LogP contribution in [0.25, 0.3) is 0 Å². The van der Waals surface area contributed by atoms with Crippen LogP contribution in [-0.2, 0) is 4.79 Å². The molecule has 1 amide bonds. The van der Waals surface area contributed by atoms with E-state index in [1.165, 1.54) is 0 Å². The first-order valence-electron chi connectivity index (χ1n) is 9.88. The molecule has 2 atom stereocenters. The van der Waals surface area contributed by atoms with Gasteiger partial charge in [-0.25, -0.2) is 4.98 Å². The van der Waals surface area contributed by atoms with Crippen LogP contribution < -0.4 is 4.90 Å². The van der Waals surface area contributed by atoms with Crippen molar-refractivity contribution in [3.8, 4) is 6.07 Å². The number of piperazine rings is 1. The minimum absolute atomic E-state index is 0.103. The van der Waals surface area contributed by atoms with Gasteiger partial charge < -0.3 is 14.2 Å². The molecule has 6 nitrogen and oxygen atoms in total. The number of nitrogens with zero attached hydrogens (tertiary/aromatic N) is 4. The second-order valence-electron chi connectivity index (χ2n) is 8.01. The number of aromatic nitrogens is 1. The van der Waals surface area contributed by atoms with Crippen LogP contribution in [0.2, 0.25) is 0 Å². The highest BCUT2D eigenvalue weighted by Crippen LogP contribution is 2.42. The molecule has 0 unspecified atom stereocenters. The molecule has 2 saturated carbocycles. The Balaban J connectivity index is 1.36. The van der Waals surface area contributed by atoms with E-state index in [9.17, 15) is 23.2 Å². The SMILES string of the molecule is N#Cc1nc(C2CC2)oc1N1CCN(C(=O)[C@@H]2CCC[C@H](C(F)(F)F)C2)CC1. The topological polar surface area (TPSA) is 73.4 Å². The van der Waals surface area contributed by atoms with Gasteiger partial charge in [0.1, 0.15) is 6.07 Å². The Hall–Kier alpha value is -2.24. The predicted molar refractivity (Wildman–Crippen MR) is 93.5 cm³/mol. The van der Waals surface area contributed by atoms with Crippen LogP contribution >= 0.6 is 0 Å². The van der Waals surface area contributed by atoms with Gasteiger partial charge in [-0.15, -0.1) is 0 Å². The summed E-state index contributed by atoms with van der Waals surface area (Å²) in [5, 5.41) is 9.31. The summed E-state index contributed by atoms with van der Waals surface area (Å²) in [6, 6.07) is 2.07. The Labute approximate surface area is 161 Å². The van der Waals surface area contributed by atoms with Gasteiger partial charge >= 0.3 is 6.18 Å². The van der Waals surface area contributed by atoms with Crippen molar-refractivity contribution in [1.29, 1.82) is 5.26 Å². The molecule has 0 bridgehead atoms. The number of hydrogen-bond acceptors (Lipinski definition) is 5. The second kappa shape index (κ2) is 7.30. The van der Waals surface area contributed by atoms with E-state index in [-0.39, 0.29) is 24.4 Å². The first-order chi connectivity index (χ1) is 13.4. The number of carbonyl (C=O) groups is 1. The highest BCUT2D eigenvalue weighted by molar-refractivity contribution is 5.79. The Morgan fingerprint density at radius 3 is 2.46 bits per heavy atom. The van der Waals surface area contributed by atoms with Crippen molar-refractivity contribution in [1.82, 2.24) is 9.88 Å². The lowest BCUT2D eigenvalue weighted by Crippen LogP contribution is -2.51. The quantitative estimate of drug-likeness (QED) is 0.783. The second-order valence-corrected chi connectivity index (χ2v) is 8.01. The minimum atomic E-state index is -4.23. The molecule has 1 aliphatic heterocycles. The third kappa shape index (κ3) is 3.82. The van der Waals surface area contributed by atoms with Crippen LogP contribution in [0.4, 0.5) is 19.1 Å². The molecule has 3 aliphatic rings. The van der Waals surface area contributed by atoms with Gasteiger partial charge in [-0.3, -0.25) is 4.79 Å². The summed E-state index contributed by atoms with van der Waals surface area (Å²) in [6.07, 6.45) is -1.20. The molecule has 1 aromatic rings. The summed E-state index contributed by atoms with van der Waals surface area (Å²) in [7, 11) is 0. The number of carbonyl (C=O) groups excluding carboxylic acids is 1. The van der Waals surface area contributed by atoms with E-state index in [2.05, 4.69) is 11.1 Å². The minimum Gasteiger partial charge on any atom is -0.423 e. The molecular weight excluding hydrogens is 373 g/mol. The lowest BCUT2D eigenvalue weighted by molar-refractivity contribution is -0.187. The summed E-state index contributed by atoms with van der Waals surface area (Å²) in [4.78, 5) is 20.6. The van der Waals surface area contributed by atoms with Crippen molar-refractivity contribution in [3.05, 3.63) is 11.6 Å². The molecule has 0 radical (unpaired) electrons. The van der Waals surface area contributed by atoms with E-state index < -0.39 is 18.0 Å². The van der Waals surface area contributed by atoms with E-state index in [1.54, 1.807) is 4.90 Å². The molecule has 28 heavy (non-hydrogen) atoms. The molecule has 0 spiro atoms. The maximum Gasteiger partial charge on any atom is 0.391 e. The van der Waals surface area contributed by atoms with Crippen LogP contribution in [0.3, 0.4) is 0 Å². The van der Waals surface area contributed by atoms with Gasteiger partial charge in [0.2, 0.25) is 23.4 Å². The molecule has 0 aromatic carbocycles. The van der Waals surface area contributed by atoms with Crippen LogP contribution in [-0.4, -0.2) is 48.1 Å². The maximum absolute atomic E-state index is 13.0. The number of nitriles is 1. The largest absolute Gasteiger partial charge is 0.423 e. The fourth-order valence-electron chi connectivity index (χ4n) is 4.22. The van der Waals surface area contributed by atoms with E-state index in [1.807, 2.05) is 4.90 Å². The Morgan fingerprint density at radius 1 is 1.14 bits per heavy atom. The zero-order chi connectivity index (χ0) is 19.9. The summed E-state index contributed by atoms with van der Waals surface area (Å²) in [5.41, 5.74) is 0.266. The molecule has 0 N–H and O–H groups in total. The third-order valence-corrected chi connectivity index (χ3v) is 6.02. The molecular formula is C19H23F3N4O2. The Morgan fingerprint density at radius 2 is 1.86 bits per heavy atom. The fourth-order valence-corrected chi connectivity index (χ4v) is 4.22. The zero-order valence-electron chi connectivity index (χ0n) is 15.5. The molecule has 3 fully saturated rings. The van der Waals surface area contributed by atoms with Crippen LogP contribution in [0.5, 0.6) is 0 Å². The first-order valence-corrected chi connectivity index (χ1v) is 9.88. The molecule has 9 heteroatoms. The highest BCUT2D eigenvalue weighted by Gasteiger charge is 2.44. The van der Waals surface area contributed by atoms with E-state index in [0.29, 0.717) is 56.7 Å². The van der Waals surface area contributed by atoms with Crippen molar-refractivity contribution >= 4 is 11.8 Å².